The molecule has 0 radical (unpaired) electrons. The summed E-state index contributed by atoms with van der Waals surface area (Å²) in [7, 11) is 0. The van der Waals surface area contributed by atoms with Crippen molar-refractivity contribution in [2.45, 2.75) is 39.0 Å². The van der Waals surface area contributed by atoms with Crippen molar-refractivity contribution in [3.8, 4) is 0 Å². The molecule has 0 bridgehead atoms. The highest BCUT2D eigenvalue weighted by Crippen LogP contribution is 1.96. The van der Waals surface area contributed by atoms with Gasteiger partial charge in [-0.2, -0.15) is 0 Å². The van der Waals surface area contributed by atoms with Crippen molar-refractivity contribution in [1.29, 1.82) is 0 Å². The molecular formula is C7H15NO3. The lowest BCUT2D eigenvalue weighted by molar-refractivity contribution is -0.151. The highest BCUT2D eigenvalue weighted by Gasteiger charge is 2.20. The third-order valence-electron chi connectivity index (χ3n) is 1.14. The summed E-state index contributed by atoms with van der Waals surface area (Å²) in [4.78, 5) is 10.9. The van der Waals surface area contributed by atoms with Crippen LogP contribution in [0, 0.1) is 0 Å². The number of carbonyl (C=O) groups excluding carboxylic acids is 1. The summed E-state index contributed by atoms with van der Waals surface area (Å²) >= 11 is 0. The fourth-order valence-electron chi connectivity index (χ4n) is 0.508. The van der Waals surface area contributed by atoms with Crippen molar-refractivity contribution in [3.63, 3.8) is 0 Å². The summed E-state index contributed by atoms with van der Waals surface area (Å²) in [5.41, 5.74) is 5.28. The van der Waals surface area contributed by atoms with E-state index in [1.54, 1.807) is 13.8 Å². The van der Waals surface area contributed by atoms with Gasteiger partial charge in [-0.1, -0.05) is 0 Å². The Labute approximate surface area is 66.3 Å². The van der Waals surface area contributed by atoms with Crippen LogP contribution in [0.4, 0.5) is 0 Å². The number of hydrogen-bond acceptors (Lipinski definition) is 4. The SMILES string of the molecule is CC(C)OC(=O)[C@@H](N)[C@@H](C)O. The summed E-state index contributed by atoms with van der Waals surface area (Å²) in [6.07, 6.45) is -1.05. The van der Waals surface area contributed by atoms with E-state index in [0.29, 0.717) is 0 Å². The molecule has 0 fully saturated rings. The molecule has 0 saturated heterocycles. The number of ether oxygens (including phenoxy) is 1. The van der Waals surface area contributed by atoms with Gasteiger partial charge >= 0.3 is 5.97 Å². The first-order chi connectivity index (χ1) is 4.95. The quantitative estimate of drug-likeness (QED) is 0.555. The molecule has 0 aliphatic rings. The molecule has 0 spiro atoms. The predicted octanol–water partition coefficient (Wildman–Crippen LogP) is -0.354. The van der Waals surface area contributed by atoms with Crippen molar-refractivity contribution >= 4 is 5.97 Å². The highest BCUT2D eigenvalue weighted by atomic mass is 16.5. The van der Waals surface area contributed by atoms with E-state index in [-0.39, 0.29) is 6.10 Å². The van der Waals surface area contributed by atoms with Gasteiger partial charge < -0.3 is 15.6 Å². The van der Waals surface area contributed by atoms with Gasteiger partial charge in [0.15, 0.2) is 0 Å². The molecule has 11 heavy (non-hydrogen) atoms. The van der Waals surface area contributed by atoms with Crippen LogP contribution in [-0.2, 0) is 9.53 Å². The van der Waals surface area contributed by atoms with Gasteiger partial charge in [0.1, 0.15) is 6.04 Å². The molecule has 4 nitrogen and oxygen atoms in total. The average Bonchev–Trinajstić information content (AvgIpc) is 1.84. The minimum atomic E-state index is -0.933. The molecule has 0 saturated carbocycles. The number of rotatable bonds is 3. The Bertz CT molecular complexity index is 134. The Hall–Kier alpha value is -0.610. The maximum absolute atomic E-state index is 10.9. The van der Waals surface area contributed by atoms with E-state index < -0.39 is 18.1 Å². The number of nitrogens with two attached hydrogens (primary N) is 1. The van der Waals surface area contributed by atoms with Crippen LogP contribution in [0.1, 0.15) is 20.8 Å². The Balaban J connectivity index is 3.83. The van der Waals surface area contributed by atoms with E-state index in [4.69, 9.17) is 15.6 Å². The second-order valence-corrected chi connectivity index (χ2v) is 2.75. The monoisotopic (exact) mass is 161 g/mol. The first-order valence-electron chi connectivity index (χ1n) is 3.59. The maximum Gasteiger partial charge on any atom is 0.325 e. The summed E-state index contributed by atoms with van der Waals surface area (Å²) in [5, 5.41) is 8.88. The maximum atomic E-state index is 10.9. The van der Waals surface area contributed by atoms with Gasteiger partial charge in [0.05, 0.1) is 12.2 Å². The number of carbonyl (C=O) groups is 1. The lowest BCUT2D eigenvalue weighted by Crippen LogP contribution is -2.42. The molecular weight excluding hydrogens is 146 g/mol. The molecule has 0 aliphatic heterocycles. The molecule has 2 atom stereocenters. The smallest absolute Gasteiger partial charge is 0.325 e. The van der Waals surface area contributed by atoms with Crippen LogP contribution in [0.5, 0.6) is 0 Å². The summed E-state index contributed by atoms with van der Waals surface area (Å²) in [6, 6.07) is -0.933. The number of hydrogen-bond donors (Lipinski definition) is 2. The average molecular weight is 161 g/mol. The minimum absolute atomic E-state index is 0.188. The van der Waals surface area contributed by atoms with E-state index in [0.717, 1.165) is 0 Å². The molecule has 0 heterocycles. The van der Waals surface area contributed by atoms with E-state index in [1.807, 2.05) is 0 Å². The summed E-state index contributed by atoms with van der Waals surface area (Å²) in [5.74, 6) is -0.560. The topological polar surface area (TPSA) is 72.5 Å². The Morgan fingerprint density at radius 3 is 2.18 bits per heavy atom. The van der Waals surface area contributed by atoms with Gasteiger partial charge in [-0.25, -0.2) is 0 Å². The Morgan fingerprint density at radius 2 is 1.91 bits per heavy atom. The molecule has 66 valence electrons. The summed E-state index contributed by atoms with van der Waals surface area (Å²) in [6.45, 7) is 4.91. The highest BCUT2D eigenvalue weighted by molar-refractivity contribution is 5.76. The molecule has 0 aliphatic carbocycles. The van der Waals surface area contributed by atoms with Crippen molar-refractivity contribution in [3.05, 3.63) is 0 Å². The largest absolute Gasteiger partial charge is 0.462 e. The third kappa shape index (κ3) is 3.95. The molecule has 0 aromatic heterocycles. The standard InChI is InChI=1S/C7H15NO3/c1-4(2)11-7(10)6(8)5(3)9/h4-6,9H,8H2,1-3H3/t5-,6+/m1/s1. The molecule has 4 heteroatoms. The zero-order chi connectivity index (χ0) is 9.02. The van der Waals surface area contributed by atoms with Gasteiger partial charge in [-0.3, -0.25) is 4.79 Å². The summed E-state index contributed by atoms with van der Waals surface area (Å²) < 4.78 is 4.75. The van der Waals surface area contributed by atoms with Crippen LogP contribution in [0.25, 0.3) is 0 Å². The Kier molecular flexibility index (Phi) is 4.07. The zero-order valence-corrected chi connectivity index (χ0v) is 7.07. The third-order valence-corrected chi connectivity index (χ3v) is 1.14. The van der Waals surface area contributed by atoms with E-state index in [1.165, 1.54) is 6.92 Å². The van der Waals surface area contributed by atoms with Crippen LogP contribution in [-0.4, -0.2) is 29.3 Å². The second kappa shape index (κ2) is 4.31. The van der Waals surface area contributed by atoms with Crippen LogP contribution >= 0.6 is 0 Å². The van der Waals surface area contributed by atoms with E-state index in [9.17, 15) is 4.79 Å². The predicted molar refractivity (Wildman–Crippen MR) is 40.9 cm³/mol. The van der Waals surface area contributed by atoms with Gasteiger partial charge in [-0.05, 0) is 20.8 Å². The molecule has 0 aromatic carbocycles. The second-order valence-electron chi connectivity index (χ2n) is 2.75. The number of aliphatic hydroxyl groups excluding tert-OH is 1. The van der Waals surface area contributed by atoms with Crippen molar-refractivity contribution in [2.75, 3.05) is 0 Å². The molecule has 0 unspecified atom stereocenters. The number of aliphatic hydroxyl groups is 1. The molecule has 0 amide bonds. The Morgan fingerprint density at radius 1 is 1.45 bits per heavy atom. The zero-order valence-electron chi connectivity index (χ0n) is 7.07. The van der Waals surface area contributed by atoms with E-state index in [2.05, 4.69) is 0 Å². The van der Waals surface area contributed by atoms with Crippen molar-refractivity contribution in [1.82, 2.24) is 0 Å². The lowest BCUT2D eigenvalue weighted by atomic mass is 10.2. The first-order valence-corrected chi connectivity index (χ1v) is 3.59. The van der Waals surface area contributed by atoms with Gasteiger partial charge in [0, 0.05) is 0 Å². The van der Waals surface area contributed by atoms with Gasteiger partial charge in [0.2, 0.25) is 0 Å². The fraction of sp³-hybridized carbons (Fsp3) is 0.857. The van der Waals surface area contributed by atoms with Crippen LogP contribution in [0.2, 0.25) is 0 Å². The van der Waals surface area contributed by atoms with Crippen LogP contribution < -0.4 is 5.73 Å². The van der Waals surface area contributed by atoms with Gasteiger partial charge in [-0.15, -0.1) is 0 Å². The molecule has 0 aromatic rings. The minimum Gasteiger partial charge on any atom is -0.462 e. The number of esters is 1. The van der Waals surface area contributed by atoms with Gasteiger partial charge in [0.25, 0.3) is 0 Å². The fourth-order valence-corrected chi connectivity index (χ4v) is 0.508. The lowest BCUT2D eigenvalue weighted by Gasteiger charge is -2.15. The first kappa shape index (κ1) is 10.4. The van der Waals surface area contributed by atoms with Crippen LogP contribution in [0.3, 0.4) is 0 Å². The molecule has 0 rings (SSSR count). The van der Waals surface area contributed by atoms with Crippen LogP contribution in [0.15, 0.2) is 0 Å². The van der Waals surface area contributed by atoms with E-state index >= 15 is 0 Å². The van der Waals surface area contributed by atoms with Crippen molar-refractivity contribution in [2.24, 2.45) is 5.73 Å². The normalized spacial score (nSPS) is 16.2. The van der Waals surface area contributed by atoms with Crippen molar-refractivity contribution < 1.29 is 14.6 Å². The molecule has 3 N–H and O–H groups in total.